The van der Waals surface area contributed by atoms with Crippen LogP contribution in [0.15, 0.2) is 11.6 Å². The molecular formula is C11H21N. The fraction of sp³-hybridized carbons (Fsp3) is 0.818. The van der Waals surface area contributed by atoms with E-state index in [0.717, 1.165) is 6.04 Å². The zero-order valence-electron chi connectivity index (χ0n) is 8.40. The summed E-state index contributed by atoms with van der Waals surface area (Å²) >= 11 is 0. The average molecular weight is 167 g/mol. The van der Waals surface area contributed by atoms with E-state index >= 15 is 0 Å². The van der Waals surface area contributed by atoms with Gasteiger partial charge in [0.15, 0.2) is 0 Å². The second-order valence-corrected chi connectivity index (χ2v) is 3.62. The second-order valence-electron chi connectivity index (χ2n) is 3.62. The highest BCUT2D eigenvalue weighted by atomic mass is 14.9. The highest BCUT2D eigenvalue weighted by Gasteiger charge is 2.14. The van der Waals surface area contributed by atoms with E-state index in [0.29, 0.717) is 0 Å². The summed E-state index contributed by atoms with van der Waals surface area (Å²) in [6.45, 7) is 5.71. The number of hydrogen-bond acceptors (Lipinski definition) is 1. The Bertz CT molecular complexity index is 143. The van der Waals surface area contributed by atoms with Crippen molar-refractivity contribution in [1.82, 2.24) is 5.32 Å². The van der Waals surface area contributed by atoms with Gasteiger partial charge in [0.2, 0.25) is 0 Å². The van der Waals surface area contributed by atoms with E-state index in [1.54, 1.807) is 5.57 Å². The van der Waals surface area contributed by atoms with Gasteiger partial charge in [-0.05, 0) is 38.6 Å². The van der Waals surface area contributed by atoms with E-state index in [2.05, 4.69) is 25.2 Å². The third-order valence-corrected chi connectivity index (χ3v) is 2.62. The average Bonchev–Trinajstić information content (AvgIpc) is 2.56. The van der Waals surface area contributed by atoms with Crippen LogP contribution in [0.2, 0.25) is 0 Å². The second kappa shape index (κ2) is 5.36. The van der Waals surface area contributed by atoms with Crippen molar-refractivity contribution in [3.63, 3.8) is 0 Å². The molecule has 0 aliphatic carbocycles. The molecule has 1 aliphatic rings. The normalized spacial score (nSPS) is 24.8. The van der Waals surface area contributed by atoms with E-state index in [4.69, 9.17) is 0 Å². The monoisotopic (exact) mass is 167 g/mol. The lowest BCUT2D eigenvalue weighted by atomic mass is 10.0. The lowest BCUT2D eigenvalue weighted by Gasteiger charge is -2.11. The molecule has 0 radical (unpaired) electrons. The SMILES string of the molecule is CC/C=C(\CC)CC1CCCN1. The first-order valence-electron chi connectivity index (χ1n) is 5.28. The van der Waals surface area contributed by atoms with Crippen molar-refractivity contribution in [1.29, 1.82) is 0 Å². The predicted octanol–water partition coefficient (Wildman–Crippen LogP) is 2.87. The van der Waals surface area contributed by atoms with Crippen LogP contribution >= 0.6 is 0 Å². The number of nitrogens with one attached hydrogen (secondary N) is 1. The summed E-state index contributed by atoms with van der Waals surface area (Å²) in [5, 5.41) is 3.54. The molecule has 1 rings (SSSR count). The smallest absolute Gasteiger partial charge is 0.0105 e. The largest absolute Gasteiger partial charge is 0.314 e. The summed E-state index contributed by atoms with van der Waals surface area (Å²) in [6, 6.07) is 0.780. The molecule has 1 saturated heterocycles. The Kier molecular flexibility index (Phi) is 4.37. The molecule has 0 aromatic carbocycles. The maximum Gasteiger partial charge on any atom is 0.0105 e. The molecule has 0 aromatic heterocycles. The van der Waals surface area contributed by atoms with Gasteiger partial charge in [-0.15, -0.1) is 0 Å². The van der Waals surface area contributed by atoms with Crippen LogP contribution in [0.25, 0.3) is 0 Å². The Balaban J connectivity index is 2.30. The van der Waals surface area contributed by atoms with Gasteiger partial charge in [0.25, 0.3) is 0 Å². The maximum atomic E-state index is 3.54. The summed E-state index contributed by atoms with van der Waals surface area (Å²) in [7, 11) is 0. The predicted molar refractivity (Wildman–Crippen MR) is 54.3 cm³/mol. The van der Waals surface area contributed by atoms with Crippen LogP contribution in [0.3, 0.4) is 0 Å². The molecule has 0 saturated carbocycles. The van der Waals surface area contributed by atoms with E-state index in [-0.39, 0.29) is 0 Å². The van der Waals surface area contributed by atoms with E-state index in [1.165, 1.54) is 38.6 Å². The molecule has 1 heterocycles. The summed E-state index contributed by atoms with van der Waals surface area (Å²) in [4.78, 5) is 0. The van der Waals surface area contributed by atoms with Crippen molar-refractivity contribution in [2.24, 2.45) is 0 Å². The fourth-order valence-corrected chi connectivity index (χ4v) is 1.91. The zero-order chi connectivity index (χ0) is 8.81. The van der Waals surface area contributed by atoms with Gasteiger partial charge in [0.05, 0.1) is 0 Å². The van der Waals surface area contributed by atoms with E-state index in [1.807, 2.05) is 0 Å². The quantitative estimate of drug-likeness (QED) is 0.635. The minimum atomic E-state index is 0.780. The van der Waals surface area contributed by atoms with E-state index in [9.17, 15) is 0 Å². The molecule has 1 heteroatoms. The van der Waals surface area contributed by atoms with Gasteiger partial charge in [-0.2, -0.15) is 0 Å². The number of rotatable bonds is 4. The first kappa shape index (κ1) is 9.79. The first-order valence-corrected chi connectivity index (χ1v) is 5.28. The number of allylic oxidation sites excluding steroid dienone is 1. The topological polar surface area (TPSA) is 12.0 Å². The Labute approximate surface area is 76.2 Å². The standard InChI is InChI=1S/C11H21N/c1-3-6-10(4-2)9-11-7-5-8-12-11/h6,11-12H,3-5,7-9H2,1-2H3/b10-6+. The van der Waals surface area contributed by atoms with Gasteiger partial charge in [-0.1, -0.05) is 25.5 Å². The maximum absolute atomic E-state index is 3.54. The third-order valence-electron chi connectivity index (χ3n) is 2.62. The van der Waals surface area contributed by atoms with Crippen molar-refractivity contribution in [3.8, 4) is 0 Å². The number of hydrogen-bond donors (Lipinski definition) is 1. The molecule has 0 amide bonds. The van der Waals surface area contributed by atoms with Crippen LogP contribution in [0, 0.1) is 0 Å². The van der Waals surface area contributed by atoms with Crippen molar-refractivity contribution in [3.05, 3.63) is 11.6 Å². The molecule has 0 bridgehead atoms. The van der Waals surface area contributed by atoms with Crippen molar-refractivity contribution in [2.45, 2.75) is 52.0 Å². The minimum absolute atomic E-state index is 0.780. The Morgan fingerprint density at radius 2 is 2.33 bits per heavy atom. The van der Waals surface area contributed by atoms with Crippen LogP contribution in [0.1, 0.15) is 46.0 Å². The molecule has 1 N–H and O–H groups in total. The first-order chi connectivity index (χ1) is 5.86. The molecule has 1 fully saturated rings. The van der Waals surface area contributed by atoms with Gasteiger partial charge in [0, 0.05) is 6.04 Å². The molecule has 0 spiro atoms. The summed E-state index contributed by atoms with van der Waals surface area (Å²) in [5.74, 6) is 0. The van der Waals surface area contributed by atoms with Gasteiger partial charge in [0.1, 0.15) is 0 Å². The molecule has 1 aliphatic heterocycles. The highest BCUT2D eigenvalue weighted by molar-refractivity contribution is 5.04. The van der Waals surface area contributed by atoms with Crippen LogP contribution in [0.4, 0.5) is 0 Å². The summed E-state index contributed by atoms with van der Waals surface area (Å²) in [6.07, 6.45) is 8.83. The van der Waals surface area contributed by atoms with E-state index < -0.39 is 0 Å². The molecule has 0 aromatic rings. The van der Waals surface area contributed by atoms with Crippen LogP contribution < -0.4 is 5.32 Å². The van der Waals surface area contributed by atoms with Crippen LogP contribution in [-0.2, 0) is 0 Å². The Hall–Kier alpha value is -0.300. The molecule has 1 unspecified atom stereocenters. The van der Waals surface area contributed by atoms with Crippen molar-refractivity contribution >= 4 is 0 Å². The molecular weight excluding hydrogens is 146 g/mol. The minimum Gasteiger partial charge on any atom is -0.314 e. The molecule has 12 heavy (non-hydrogen) atoms. The van der Waals surface area contributed by atoms with Gasteiger partial charge in [-0.3, -0.25) is 0 Å². The van der Waals surface area contributed by atoms with Crippen molar-refractivity contribution in [2.75, 3.05) is 6.54 Å². The molecule has 1 atom stereocenters. The lowest BCUT2D eigenvalue weighted by Crippen LogP contribution is -2.21. The van der Waals surface area contributed by atoms with Gasteiger partial charge >= 0.3 is 0 Å². The third kappa shape index (κ3) is 2.98. The van der Waals surface area contributed by atoms with Crippen LogP contribution in [0.5, 0.6) is 0 Å². The summed E-state index contributed by atoms with van der Waals surface area (Å²) in [5.41, 5.74) is 1.64. The Morgan fingerprint density at radius 1 is 1.50 bits per heavy atom. The van der Waals surface area contributed by atoms with Gasteiger partial charge < -0.3 is 5.32 Å². The van der Waals surface area contributed by atoms with Gasteiger partial charge in [-0.25, -0.2) is 0 Å². The lowest BCUT2D eigenvalue weighted by molar-refractivity contribution is 0.591. The molecule has 1 nitrogen and oxygen atoms in total. The molecule has 70 valence electrons. The highest BCUT2D eigenvalue weighted by Crippen LogP contribution is 2.16. The zero-order valence-corrected chi connectivity index (χ0v) is 8.40. The van der Waals surface area contributed by atoms with Crippen molar-refractivity contribution < 1.29 is 0 Å². The fourth-order valence-electron chi connectivity index (χ4n) is 1.91. The Morgan fingerprint density at radius 3 is 2.83 bits per heavy atom. The van der Waals surface area contributed by atoms with Crippen LogP contribution in [-0.4, -0.2) is 12.6 Å². The summed E-state index contributed by atoms with van der Waals surface area (Å²) < 4.78 is 0.